The summed E-state index contributed by atoms with van der Waals surface area (Å²) in [5.74, 6) is 2.60. The zero-order valence-corrected chi connectivity index (χ0v) is 7.86. The number of aliphatic hydroxyl groups excluding tert-OH is 1. The van der Waals surface area contributed by atoms with Crippen LogP contribution in [0.1, 0.15) is 19.8 Å². The van der Waals surface area contributed by atoms with Gasteiger partial charge in [-0.15, -0.1) is 6.42 Å². The van der Waals surface area contributed by atoms with Gasteiger partial charge in [0, 0.05) is 20.0 Å². The maximum atomic E-state index is 11.0. The molecule has 0 bridgehead atoms. The Morgan fingerprint density at radius 2 is 2.15 bits per heavy atom. The van der Waals surface area contributed by atoms with Crippen LogP contribution in [0.3, 0.4) is 0 Å². The highest BCUT2D eigenvalue weighted by Gasteiger charge is 2.24. The molecular formula is C10H15NO2. The van der Waals surface area contributed by atoms with E-state index in [2.05, 4.69) is 5.92 Å². The fourth-order valence-electron chi connectivity index (χ4n) is 1.67. The van der Waals surface area contributed by atoms with Crippen LogP contribution in [0.5, 0.6) is 0 Å². The van der Waals surface area contributed by atoms with Gasteiger partial charge in [-0.3, -0.25) is 4.79 Å². The van der Waals surface area contributed by atoms with Crippen LogP contribution >= 0.6 is 0 Å². The number of amides is 1. The summed E-state index contributed by atoms with van der Waals surface area (Å²) < 4.78 is 0. The Labute approximate surface area is 78.7 Å². The molecule has 1 amide bonds. The topological polar surface area (TPSA) is 40.5 Å². The maximum Gasteiger partial charge on any atom is 0.219 e. The van der Waals surface area contributed by atoms with E-state index >= 15 is 0 Å². The van der Waals surface area contributed by atoms with Crippen molar-refractivity contribution in [1.82, 2.24) is 4.90 Å². The Morgan fingerprint density at radius 1 is 1.62 bits per heavy atom. The molecule has 0 radical (unpaired) electrons. The van der Waals surface area contributed by atoms with Crippen LogP contribution in [-0.2, 0) is 4.79 Å². The summed E-state index contributed by atoms with van der Waals surface area (Å²) in [5, 5.41) is 9.37. The average Bonchev–Trinajstić information content (AvgIpc) is 2.17. The highest BCUT2D eigenvalue weighted by atomic mass is 16.3. The summed E-state index contributed by atoms with van der Waals surface area (Å²) in [5.41, 5.74) is 0. The standard InChI is InChI=1S/C10H15NO2/c1-3-10(13)9-4-6-11(7-5-9)8(2)12/h1,9-10,13H,4-7H2,2H3. The molecule has 1 N–H and O–H groups in total. The Morgan fingerprint density at radius 3 is 2.54 bits per heavy atom. The number of aliphatic hydroxyl groups is 1. The van der Waals surface area contributed by atoms with E-state index in [1.165, 1.54) is 0 Å². The molecule has 0 aromatic heterocycles. The van der Waals surface area contributed by atoms with Crippen LogP contribution in [0.15, 0.2) is 0 Å². The Balaban J connectivity index is 2.40. The number of rotatable bonds is 1. The average molecular weight is 181 g/mol. The van der Waals surface area contributed by atoms with Gasteiger partial charge < -0.3 is 10.0 Å². The van der Waals surface area contributed by atoms with Gasteiger partial charge in [-0.05, 0) is 18.8 Å². The first-order valence-electron chi connectivity index (χ1n) is 4.55. The second kappa shape index (κ2) is 4.29. The van der Waals surface area contributed by atoms with E-state index in [-0.39, 0.29) is 11.8 Å². The fourth-order valence-corrected chi connectivity index (χ4v) is 1.67. The van der Waals surface area contributed by atoms with Crippen molar-refractivity contribution in [3.8, 4) is 12.3 Å². The summed E-state index contributed by atoms with van der Waals surface area (Å²) in [6.07, 6.45) is 6.09. The molecule has 0 spiro atoms. The largest absolute Gasteiger partial charge is 0.380 e. The molecule has 1 fully saturated rings. The van der Waals surface area contributed by atoms with Gasteiger partial charge in [0.15, 0.2) is 0 Å². The van der Waals surface area contributed by atoms with Crippen molar-refractivity contribution < 1.29 is 9.90 Å². The van der Waals surface area contributed by atoms with Gasteiger partial charge in [0.1, 0.15) is 6.10 Å². The first-order valence-corrected chi connectivity index (χ1v) is 4.55. The first-order chi connectivity index (χ1) is 6.15. The van der Waals surface area contributed by atoms with Gasteiger partial charge in [0.05, 0.1) is 0 Å². The van der Waals surface area contributed by atoms with Crippen molar-refractivity contribution in [1.29, 1.82) is 0 Å². The molecule has 1 aliphatic heterocycles. The van der Waals surface area contributed by atoms with E-state index in [1.807, 2.05) is 0 Å². The molecule has 1 atom stereocenters. The maximum absolute atomic E-state index is 11.0. The molecule has 1 saturated heterocycles. The predicted octanol–water partition coefficient (Wildman–Crippen LogP) is 0.239. The summed E-state index contributed by atoms with van der Waals surface area (Å²) in [6, 6.07) is 0. The van der Waals surface area contributed by atoms with Gasteiger partial charge in [0.25, 0.3) is 0 Å². The second-order valence-electron chi connectivity index (χ2n) is 3.46. The SMILES string of the molecule is C#CC(O)C1CCN(C(C)=O)CC1. The minimum atomic E-state index is -0.644. The number of hydrogen-bond acceptors (Lipinski definition) is 2. The minimum absolute atomic E-state index is 0.105. The smallest absolute Gasteiger partial charge is 0.219 e. The first kappa shape index (κ1) is 10.1. The van der Waals surface area contributed by atoms with Crippen molar-refractivity contribution >= 4 is 5.91 Å². The molecule has 0 saturated carbocycles. The van der Waals surface area contributed by atoms with Crippen molar-refractivity contribution in [2.75, 3.05) is 13.1 Å². The highest BCUT2D eigenvalue weighted by Crippen LogP contribution is 2.20. The number of terminal acetylenes is 1. The van der Waals surface area contributed by atoms with Crippen molar-refractivity contribution in [3.05, 3.63) is 0 Å². The zero-order chi connectivity index (χ0) is 9.84. The fraction of sp³-hybridized carbons (Fsp3) is 0.700. The second-order valence-corrected chi connectivity index (χ2v) is 3.46. The van der Waals surface area contributed by atoms with Gasteiger partial charge in [-0.1, -0.05) is 5.92 Å². The van der Waals surface area contributed by atoms with Crippen LogP contribution in [-0.4, -0.2) is 35.1 Å². The van der Waals surface area contributed by atoms with Gasteiger partial charge in [-0.25, -0.2) is 0 Å². The lowest BCUT2D eigenvalue weighted by Gasteiger charge is -2.32. The quantitative estimate of drug-likeness (QED) is 0.589. The van der Waals surface area contributed by atoms with Crippen LogP contribution in [0.25, 0.3) is 0 Å². The molecule has 0 aliphatic carbocycles. The van der Waals surface area contributed by atoms with Crippen LogP contribution < -0.4 is 0 Å². The van der Waals surface area contributed by atoms with Crippen molar-refractivity contribution in [2.24, 2.45) is 5.92 Å². The third-order valence-corrected chi connectivity index (χ3v) is 2.60. The van der Waals surface area contributed by atoms with E-state index in [1.54, 1.807) is 11.8 Å². The third kappa shape index (κ3) is 2.46. The molecule has 72 valence electrons. The number of carbonyl (C=O) groups excluding carboxylic acids is 1. The van der Waals surface area contributed by atoms with E-state index in [0.29, 0.717) is 0 Å². The third-order valence-electron chi connectivity index (χ3n) is 2.60. The summed E-state index contributed by atoms with van der Waals surface area (Å²) in [7, 11) is 0. The predicted molar refractivity (Wildman–Crippen MR) is 49.8 cm³/mol. The number of piperidine rings is 1. The monoisotopic (exact) mass is 181 g/mol. The summed E-state index contributed by atoms with van der Waals surface area (Å²) >= 11 is 0. The summed E-state index contributed by atoms with van der Waals surface area (Å²) in [4.78, 5) is 12.8. The molecule has 1 aliphatic rings. The molecule has 13 heavy (non-hydrogen) atoms. The normalized spacial score (nSPS) is 20.8. The molecule has 0 aromatic carbocycles. The number of hydrogen-bond donors (Lipinski definition) is 1. The Hall–Kier alpha value is -1.01. The molecular weight excluding hydrogens is 166 g/mol. The van der Waals surface area contributed by atoms with Crippen LogP contribution in [0.2, 0.25) is 0 Å². The number of carbonyl (C=O) groups is 1. The Kier molecular flexibility index (Phi) is 3.32. The minimum Gasteiger partial charge on any atom is -0.380 e. The number of likely N-dealkylation sites (tertiary alicyclic amines) is 1. The Bertz CT molecular complexity index is 224. The molecule has 3 nitrogen and oxygen atoms in total. The number of nitrogens with zero attached hydrogens (tertiary/aromatic N) is 1. The van der Waals surface area contributed by atoms with Gasteiger partial charge in [0.2, 0.25) is 5.91 Å². The van der Waals surface area contributed by atoms with Crippen molar-refractivity contribution in [2.45, 2.75) is 25.9 Å². The lowest BCUT2D eigenvalue weighted by Crippen LogP contribution is -2.39. The molecule has 3 heteroatoms. The van der Waals surface area contributed by atoms with Crippen LogP contribution in [0, 0.1) is 18.3 Å². The summed E-state index contributed by atoms with van der Waals surface area (Å²) in [6.45, 7) is 3.01. The lowest BCUT2D eigenvalue weighted by atomic mass is 9.92. The van der Waals surface area contributed by atoms with Gasteiger partial charge >= 0.3 is 0 Å². The molecule has 1 rings (SSSR count). The molecule has 1 unspecified atom stereocenters. The zero-order valence-electron chi connectivity index (χ0n) is 7.86. The van der Waals surface area contributed by atoms with Crippen molar-refractivity contribution in [3.63, 3.8) is 0 Å². The van der Waals surface area contributed by atoms with E-state index < -0.39 is 6.10 Å². The van der Waals surface area contributed by atoms with E-state index in [9.17, 15) is 9.90 Å². The van der Waals surface area contributed by atoms with E-state index in [4.69, 9.17) is 6.42 Å². The van der Waals surface area contributed by atoms with Crippen LogP contribution in [0.4, 0.5) is 0 Å². The highest BCUT2D eigenvalue weighted by molar-refractivity contribution is 5.73. The molecule has 0 aromatic rings. The van der Waals surface area contributed by atoms with Gasteiger partial charge in [-0.2, -0.15) is 0 Å². The lowest BCUT2D eigenvalue weighted by molar-refractivity contribution is -0.130. The van der Waals surface area contributed by atoms with E-state index in [0.717, 1.165) is 25.9 Å². The molecule has 1 heterocycles.